The molecule has 2 unspecified atom stereocenters. The molecule has 1 aliphatic carbocycles. The number of halogens is 1. The fourth-order valence-corrected chi connectivity index (χ4v) is 5.49. The van der Waals surface area contributed by atoms with E-state index in [-0.39, 0.29) is 5.54 Å². The summed E-state index contributed by atoms with van der Waals surface area (Å²) in [5.74, 6) is 0.561. The topological polar surface area (TPSA) is 19.0 Å². The number of benzene rings is 2. The minimum absolute atomic E-state index is 0.116. The molecular formula is C23H27BrN2. The van der Waals surface area contributed by atoms with Crippen LogP contribution in [0.2, 0.25) is 0 Å². The van der Waals surface area contributed by atoms with Crippen molar-refractivity contribution in [1.82, 2.24) is 9.88 Å². The molecule has 3 heteroatoms. The average molecular weight is 411 g/mol. The van der Waals surface area contributed by atoms with Crippen molar-refractivity contribution in [2.24, 2.45) is 0 Å². The second kappa shape index (κ2) is 7.21. The molecule has 2 nitrogen and oxygen atoms in total. The van der Waals surface area contributed by atoms with Gasteiger partial charge in [0, 0.05) is 33.4 Å². The van der Waals surface area contributed by atoms with E-state index < -0.39 is 0 Å². The zero-order valence-electron chi connectivity index (χ0n) is 15.6. The Morgan fingerprint density at radius 1 is 1.08 bits per heavy atom. The summed E-state index contributed by atoms with van der Waals surface area (Å²) in [7, 11) is 4.48. The van der Waals surface area contributed by atoms with Gasteiger partial charge in [0.15, 0.2) is 0 Å². The molecule has 1 saturated carbocycles. The van der Waals surface area contributed by atoms with E-state index in [0.29, 0.717) is 5.92 Å². The van der Waals surface area contributed by atoms with Gasteiger partial charge in [0.05, 0.1) is 0 Å². The van der Waals surface area contributed by atoms with Crippen LogP contribution in [0.5, 0.6) is 0 Å². The second-order valence-corrected chi connectivity index (χ2v) is 8.34. The average Bonchev–Trinajstić information content (AvgIpc) is 3.07. The quantitative estimate of drug-likeness (QED) is 0.508. The van der Waals surface area contributed by atoms with E-state index in [1.54, 1.807) is 0 Å². The van der Waals surface area contributed by atoms with Crippen LogP contribution in [0.25, 0.3) is 10.9 Å². The first-order valence-corrected chi connectivity index (χ1v) is 10.7. The predicted octanol–water partition coefficient (Wildman–Crippen LogP) is 6.18. The SMILES string of the molecule is CN(C)C1(c2ccccc2)CCCC(c2[nH]c3ccccc3c2CBr)C1. The van der Waals surface area contributed by atoms with Crippen LogP contribution in [0.1, 0.15) is 48.4 Å². The van der Waals surface area contributed by atoms with Crippen molar-refractivity contribution in [1.29, 1.82) is 0 Å². The Kier molecular flexibility index (Phi) is 4.94. The summed E-state index contributed by atoms with van der Waals surface area (Å²) in [6.45, 7) is 0. The summed E-state index contributed by atoms with van der Waals surface area (Å²) in [5.41, 5.74) is 5.70. The molecule has 136 valence electrons. The molecule has 26 heavy (non-hydrogen) atoms. The van der Waals surface area contributed by atoms with Gasteiger partial charge < -0.3 is 4.98 Å². The summed E-state index contributed by atoms with van der Waals surface area (Å²) in [6, 6.07) is 19.8. The maximum Gasteiger partial charge on any atom is 0.0461 e. The van der Waals surface area contributed by atoms with Crippen molar-refractivity contribution in [2.45, 2.75) is 42.5 Å². The highest BCUT2D eigenvalue weighted by Gasteiger charge is 2.41. The molecule has 1 heterocycles. The number of nitrogens with zero attached hydrogens (tertiary/aromatic N) is 1. The lowest BCUT2D eigenvalue weighted by molar-refractivity contribution is 0.0868. The van der Waals surface area contributed by atoms with Crippen molar-refractivity contribution in [3.63, 3.8) is 0 Å². The number of aromatic nitrogens is 1. The number of hydrogen-bond acceptors (Lipinski definition) is 1. The van der Waals surface area contributed by atoms with Crippen LogP contribution in [-0.4, -0.2) is 24.0 Å². The standard InChI is InChI=1S/C23H27BrN2/c1-26(2)23(18-10-4-3-5-11-18)14-8-9-17(15-23)22-20(16-24)19-12-6-7-13-21(19)25-22/h3-7,10-13,17,25H,8-9,14-16H2,1-2H3. The van der Waals surface area contributed by atoms with E-state index >= 15 is 0 Å². The van der Waals surface area contributed by atoms with Crippen molar-refractivity contribution >= 4 is 26.8 Å². The third-order valence-electron chi connectivity index (χ3n) is 6.28. The normalized spacial score (nSPS) is 23.6. The molecule has 2 atom stereocenters. The molecule has 4 rings (SSSR count). The van der Waals surface area contributed by atoms with Crippen LogP contribution in [0.3, 0.4) is 0 Å². The van der Waals surface area contributed by atoms with E-state index in [2.05, 4.69) is 94.5 Å². The molecule has 0 spiro atoms. The summed E-state index contributed by atoms with van der Waals surface area (Å²) >= 11 is 3.75. The van der Waals surface area contributed by atoms with Gasteiger partial charge in [-0.2, -0.15) is 0 Å². The monoisotopic (exact) mass is 410 g/mol. The van der Waals surface area contributed by atoms with Crippen molar-refractivity contribution in [3.05, 3.63) is 71.4 Å². The maximum atomic E-state index is 3.76. The number of fused-ring (bicyclic) bond motifs is 1. The van der Waals surface area contributed by atoms with Crippen LogP contribution in [-0.2, 0) is 10.9 Å². The zero-order valence-corrected chi connectivity index (χ0v) is 17.2. The minimum atomic E-state index is 0.116. The lowest BCUT2D eigenvalue weighted by Crippen LogP contribution is -2.44. The number of hydrogen-bond donors (Lipinski definition) is 1. The Bertz CT molecular complexity index is 884. The van der Waals surface area contributed by atoms with Crippen LogP contribution in [0.15, 0.2) is 54.6 Å². The molecule has 1 aliphatic rings. The highest BCUT2D eigenvalue weighted by atomic mass is 79.9. The fraction of sp³-hybridized carbons (Fsp3) is 0.391. The van der Waals surface area contributed by atoms with Crippen LogP contribution in [0.4, 0.5) is 0 Å². The van der Waals surface area contributed by atoms with Crippen LogP contribution >= 0.6 is 15.9 Å². The summed E-state index contributed by atoms with van der Waals surface area (Å²) < 4.78 is 0. The van der Waals surface area contributed by atoms with Crippen molar-refractivity contribution in [2.75, 3.05) is 14.1 Å². The molecule has 0 bridgehead atoms. The molecule has 1 N–H and O–H groups in total. The highest BCUT2D eigenvalue weighted by molar-refractivity contribution is 9.08. The maximum absolute atomic E-state index is 3.76. The third kappa shape index (κ3) is 2.91. The molecule has 1 aromatic heterocycles. The van der Waals surface area contributed by atoms with E-state index in [1.165, 1.54) is 47.0 Å². The number of nitrogens with one attached hydrogen (secondary N) is 1. The Morgan fingerprint density at radius 2 is 1.81 bits per heavy atom. The zero-order chi connectivity index (χ0) is 18.1. The van der Waals surface area contributed by atoms with Gasteiger partial charge >= 0.3 is 0 Å². The first kappa shape index (κ1) is 17.8. The Hall–Kier alpha value is -1.58. The van der Waals surface area contributed by atoms with E-state index in [4.69, 9.17) is 0 Å². The number of aromatic amines is 1. The van der Waals surface area contributed by atoms with Gasteiger partial charge in [0.1, 0.15) is 0 Å². The molecule has 3 aromatic rings. The van der Waals surface area contributed by atoms with Gasteiger partial charge in [0.25, 0.3) is 0 Å². The summed E-state index contributed by atoms with van der Waals surface area (Å²) in [6.07, 6.45) is 4.91. The Balaban J connectivity index is 1.77. The molecular weight excluding hydrogens is 384 g/mol. The summed E-state index contributed by atoms with van der Waals surface area (Å²) in [5, 5.41) is 2.27. The van der Waals surface area contributed by atoms with Crippen molar-refractivity contribution < 1.29 is 0 Å². The van der Waals surface area contributed by atoms with Gasteiger partial charge in [-0.3, -0.25) is 4.90 Å². The molecule has 1 fully saturated rings. The van der Waals surface area contributed by atoms with E-state index in [1.807, 2.05) is 0 Å². The lowest BCUT2D eigenvalue weighted by atomic mass is 9.70. The Labute approximate surface area is 164 Å². The van der Waals surface area contributed by atoms with E-state index in [0.717, 1.165) is 11.8 Å². The van der Waals surface area contributed by atoms with Gasteiger partial charge in [-0.05, 0) is 50.6 Å². The smallest absolute Gasteiger partial charge is 0.0461 e. The third-order valence-corrected chi connectivity index (χ3v) is 6.84. The fourth-order valence-electron chi connectivity index (χ4n) is 4.89. The number of para-hydroxylation sites is 1. The van der Waals surface area contributed by atoms with Crippen LogP contribution < -0.4 is 0 Å². The number of H-pyrrole nitrogens is 1. The Morgan fingerprint density at radius 3 is 2.54 bits per heavy atom. The molecule has 0 aliphatic heterocycles. The minimum Gasteiger partial charge on any atom is -0.358 e. The summed E-state index contributed by atoms with van der Waals surface area (Å²) in [4.78, 5) is 6.21. The molecule has 0 amide bonds. The molecule has 0 saturated heterocycles. The second-order valence-electron chi connectivity index (χ2n) is 7.78. The van der Waals surface area contributed by atoms with Gasteiger partial charge in [-0.1, -0.05) is 70.9 Å². The highest BCUT2D eigenvalue weighted by Crippen LogP contribution is 2.48. The largest absolute Gasteiger partial charge is 0.358 e. The first-order valence-electron chi connectivity index (χ1n) is 9.54. The lowest BCUT2D eigenvalue weighted by Gasteiger charge is -2.46. The molecule has 2 aromatic carbocycles. The first-order chi connectivity index (χ1) is 12.7. The predicted molar refractivity (Wildman–Crippen MR) is 114 cm³/mol. The van der Waals surface area contributed by atoms with Gasteiger partial charge in [0.2, 0.25) is 0 Å². The van der Waals surface area contributed by atoms with E-state index in [9.17, 15) is 0 Å². The van der Waals surface area contributed by atoms with Crippen LogP contribution in [0, 0.1) is 0 Å². The molecule has 0 radical (unpaired) electrons. The van der Waals surface area contributed by atoms with Gasteiger partial charge in [-0.15, -0.1) is 0 Å². The number of alkyl halides is 1. The van der Waals surface area contributed by atoms with Crippen molar-refractivity contribution in [3.8, 4) is 0 Å². The van der Waals surface area contributed by atoms with Gasteiger partial charge in [-0.25, -0.2) is 0 Å². The number of rotatable bonds is 4.